The van der Waals surface area contributed by atoms with Crippen LogP contribution in [0.25, 0.3) is 10.6 Å². The molecule has 0 saturated carbocycles. The molecule has 0 radical (unpaired) electrons. The third-order valence-corrected chi connectivity index (χ3v) is 5.85. The summed E-state index contributed by atoms with van der Waals surface area (Å²) in [6.07, 6.45) is 0.908. The van der Waals surface area contributed by atoms with Gasteiger partial charge in [0.15, 0.2) is 0 Å². The van der Waals surface area contributed by atoms with Crippen molar-refractivity contribution in [3.05, 3.63) is 53.6 Å². The topological polar surface area (TPSA) is 93.7 Å². The fourth-order valence-electron chi connectivity index (χ4n) is 3.32. The van der Waals surface area contributed by atoms with Gasteiger partial charge in [0.1, 0.15) is 16.5 Å². The summed E-state index contributed by atoms with van der Waals surface area (Å²) >= 11 is 1.32. The van der Waals surface area contributed by atoms with Crippen LogP contribution in [0.2, 0.25) is 0 Å². The molecule has 0 atom stereocenters. The van der Waals surface area contributed by atoms with Gasteiger partial charge in [0.05, 0.1) is 19.8 Å². The summed E-state index contributed by atoms with van der Waals surface area (Å²) in [4.78, 5) is 27.3. The quantitative estimate of drug-likeness (QED) is 0.474. The molecule has 0 bridgehead atoms. The minimum absolute atomic E-state index is 0.142. The van der Waals surface area contributed by atoms with Gasteiger partial charge in [-0.3, -0.25) is 9.59 Å². The predicted molar refractivity (Wildman–Crippen MR) is 129 cm³/mol. The number of carbonyl (C=O) groups excluding carboxylic acids is 2. The highest BCUT2D eigenvalue weighted by molar-refractivity contribution is 7.18. The second kappa shape index (κ2) is 11.4. The molecular weight excluding hydrogens is 440 g/mol. The van der Waals surface area contributed by atoms with E-state index in [9.17, 15) is 9.59 Å². The van der Waals surface area contributed by atoms with Crippen molar-refractivity contribution in [2.45, 2.75) is 26.7 Å². The van der Waals surface area contributed by atoms with Crippen molar-refractivity contribution in [3.8, 4) is 22.1 Å². The lowest BCUT2D eigenvalue weighted by atomic mass is 10.1. The molecule has 0 saturated heterocycles. The number of aromatic nitrogens is 2. The molecule has 3 aromatic rings. The normalized spacial score (nSPS) is 10.5. The molecule has 1 aromatic heterocycles. The van der Waals surface area contributed by atoms with Gasteiger partial charge in [0.2, 0.25) is 11.0 Å². The van der Waals surface area contributed by atoms with E-state index in [2.05, 4.69) is 15.5 Å². The molecule has 0 unspecified atom stereocenters. The van der Waals surface area contributed by atoms with Crippen LogP contribution < -0.4 is 14.8 Å². The molecule has 0 fully saturated rings. The van der Waals surface area contributed by atoms with E-state index in [4.69, 9.17) is 9.47 Å². The summed E-state index contributed by atoms with van der Waals surface area (Å²) in [5.74, 6) is 0.619. The molecule has 0 aliphatic carbocycles. The van der Waals surface area contributed by atoms with E-state index < -0.39 is 0 Å². The first kappa shape index (κ1) is 24.2. The molecule has 1 N–H and O–H groups in total. The zero-order valence-electron chi connectivity index (χ0n) is 19.3. The van der Waals surface area contributed by atoms with Crippen molar-refractivity contribution >= 4 is 28.3 Å². The Bertz CT molecular complexity index is 1120. The van der Waals surface area contributed by atoms with E-state index in [1.54, 1.807) is 30.2 Å². The highest BCUT2D eigenvalue weighted by Crippen LogP contribution is 2.28. The first-order valence-electron chi connectivity index (χ1n) is 10.7. The van der Waals surface area contributed by atoms with Crippen LogP contribution >= 0.6 is 11.3 Å². The average Bonchev–Trinajstić information content (AvgIpc) is 3.29. The molecule has 8 nitrogen and oxygen atoms in total. The Balaban J connectivity index is 1.63. The Hall–Kier alpha value is -3.46. The maximum atomic E-state index is 13.1. The fourth-order valence-corrected chi connectivity index (χ4v) is 4.07. The Kier molecular flexibility index (Phi) is 8.37. The fraction of sp³-hybridized carbons (Fsp3) is 0.333. The van der Waals surface area contributed by atoms with E-state index in [-0.39, 0.29) is 24.8 Å². The van der Waals surface area contributed by atoms with Gasteiger partial charge in [-0.2, -0.15) is 0 Å². The number of rotatable bonds is 10. The van der Waals surface area contributed by atoms with Crippen molar-refractivity contribution in [2.75, 3.05) is 32.6 Å². The summed E-state index contributed by atoms with van der Waals surface area (Å²) < 4.78 is 10.6. The van der Waals surface area contributed by atoms with Gasteiger partial charge in [-0.15, -0.1) is 10.2 Å². The lowest BCUT2D eigenvalue weighted by Gasteiger charge is -2.23. The molecule has 174 valence electrons. The lowest BCUT2D eigenvalue weighted by Crippen LogP contribution is -2.34. The third-order valence-electron chi connectivity index (χ3n) is 4.96. The maximum Gasteiger partial charge on any atom is 0.257 e. The summed E-state index contributed by atoms with van der Waals surface area (Å²) in [6.45, 7) is 4.80. The first-order chi connectivity index (χ1) is 15.9. The largest absolute Gasteiger partial charge is 0.497 e. The molecule has 0 spiro atoms. The predicted octanol–water partition coefficient (Wildman–Crippen LogP) is 4.41. The Labute approximate surface area is 197 Å². The lowest BCUT2D eigenvalue weighted by molar-refractivity contribution is -0.116. The van der Waals surface area contributed by atoms with E-state index in [1.165, 1.54) is 18.4 Å². The van der Waals surface area contributed by atoms with Gasteiger partial charge in [-0.25, -0.2) is 0 Å². The number of nitrogens with one attached hydrogen (secondary N) is 1. The molecule has 9 heteroatoms. The van der Waals surface area contributed by atoms with Crippen LogP contribution in [0.1, 0.15) is 35.7 Å². The van der Waals surface area contributed by atoms with Gasteiger partial charge in [-0.1, -0.05) is 42.0 Å². The van der Waals surface area contributed by atoms with Crippen molar-refractivity contribution in [2.24, 2.45) is 0 Å². The number of ether oxygens (including phenoxy) is 2. The summed E-state index contributed by atoms with van der Waals surface area (Å²) in [5, 5.41) is 12.2. The number of hydrogen-bond acceptors (Lipinski definition) is 7. The second-order valence-electron chi connectivity index (χ2n) is 7.44. The number of hydrogen-bond donors (Lipinski definition) is 1. The summed E-state index contributed by atoms with van der Waals surface area (Å²) in [5.41, 5.74) is 2.52. The minimum Gasteiger partial charge on any atom is -0.497 e. The van der Waals surface area contributed by atoms with Gasteiger partial charge in [-0.05, 0) is 31.5 Å². The number of carbonyl (C=O) groups is 2. The van der Waals surface area contributed by atoms with Crippen molar-refractivity contribution < 1.29 is 19.1 Å². The Morgan fingerprint density at radius 1 is 1.06 bits per heavy atom. The van der Waals surface area contributed by atoms with Gasteiger partial charge < -0.3 is 19.7 Å². The molecule has 0 aliphatic heterocycles. The highest BCUT2D eigenvalue weighted by atomic mass is 32.1. The zero-order chi connectivity index (χ0) is 23.8. The Morgan fingerprint density at radius 3 is 2.58 bits per heavy atom. The third kappa shape index (κ3) is 6.29. The number of nitrogens with zero attached hydrogens (tertiary/aromatic N) is 3. The van der Waals surface area contributed by atoms with Crippen LogP contribution in [-0.4, -0.2) is 54.2 Å². The van der Waals surface area contributed by atoms with Crippen molar-refractivity contribution in [3.63, 3.8) is 0 Å². The zero-order valence-corrected chi connectivity index (χ0v) is 20.1. The number of aryl methyl sites for hydroxylation is 1. The van der Waals surface area contributed by atoms with E-state index in [1.807, 2.05) is 38.1 Å². The minimum atomic E-state index is -0.224. The molecule has 1 heterocycles. The summed E-state index contributed by atoms with van der Waals surface area (Å²) in [7, 11) is 3.07. The van der Waals surface area contributed by atoms with Crippen molar-refractivity contribution in [1.29, 1.82) is 0 Å². The standard InChI is InChI=1S/C24H28N4O4S/c1-5-12-28(23(30)19-10-9-18(31-3)15-20(19)32-4)13-11-21(29)25-24-27-26-22(33-24)17-8-6-7-16(2)14-17/h6-10,14-15H,5,11-13H2,1-4H3,(H,25,27,29). The van der Waals surface area contributed by atoms with Gasteiger partial charge in [0.25, 0.3) is 5.91 Å². The van der Waals surface area contributed by atoms with Crippen LogP contribution in [0.3, 0.4) is 0 Å². The van der Waals surface area contributed by atoms with Crippen molar-refractivity contribution in [1.82, 2.24) is 15.1 Å². The summed E-state index contributed by atoms with van der Waals surface area (Å²) in [6, 6.07) is 13.0. The van der Waals surface area contributed by atoms with Crippen LogP contribution in [0.15, 0.2) is 42.5 Å². The molecule has 0 aliphatic rings. The first-order valence-corrected chi connectivity index (χ1v) is 11.5. The molecule has 33 heavy (non-hydrogen) atoms. The maximum absolute atomic E-state index is 13.1. The SMILES string of the molecule is CCCN(CCC(=O)Nc1nnc(-c2cccc(C)c2)s1)C(=O)c1ccc(OC)cc1OC. The molecule has 2 amide bonds. The molecule has 3 rings (SSSR count). The van der Waals surface area contributed by atoms with Crippen LogP contribution in [0.4, 0.5) is 5.13 Å². The number of anilines is 1. The van der Waals surface area contributed by atoms with E-state index >= 15 is 0 Å². The average molecular weight is 469 g/mol. The number of methoxy groups -OCH3 is 2. The van der Waals surface area contributed by atoms with Gasteiger partial charge >= 0.3 is 0 Å². The van der Waals surface area contributed by atoms with E-state index in [0.717, 1.165) is 22.6 Å². The van der Waals surface area contributed by atoms with E-state index in [0.29, 0.717) is 28.7 Å². The second-order valence-corrected chi connectivity index (χ2v) is 8.42. The van der Waals surface area contributed by atoms with Crippen LogP contribution in [0.5, 0.6) is 11.5 Å². The highest BCUT2D eigenvalue weighted by Gasteiger charge is 2.21. The molecular formula is C24H28N4O4S. The van der Waals surface area contributed by atoms with Crippen LogP contribution in [-0.2, 0) is 4.79 Å². The van der Waals surface area contributed by atoms with Gasteiger partial charge in [0, 0.05) is 31.1 Å². The number of amides is 2. The Morgan fingerprint density at radius 2 is 1.88 bits per heavy atom. The smallest absolute Gasteiger partial charge is 0.257 e. The monoisotopic (exact) mass is 468 g/mol. The number of benzene rings is 2. The molecule has 2 aromatic carbocycles. The van der Waals surface area contributed by atoms with Crippen LogP contribution in [0, 0.1) is 6.92 Å².